The van der Waals surface area contributed by atoms with Gasteiger partial charge in [-0.05, 0) is 42.6 Å². The topological polar surface area (TPSA) is 35.2 Å². The lowest BCUT2D eigenvalue weighted by Gasteiger charge is -2.15. The normalized spacial score (nSPS) is 12.1. The molecular weight excluding hydrogens is 282 g/mol. The quantitative estimate of drug-likeness (QED) is 0.631. The largest absolute Gasteiger partial charge is 0.494 e. The zero-order valence-electron chi connectivity index (χ0n) is 14.2. The van der Waals surface area contributed by atoms with E-state index in [4.69, 9.17) is 10.5 Å². The molecule has 0 amide bonds. The highest BCUT2D eigenvalue weighted by atomic mass is 16.5. The van der Waals surface area contributed by atoms with Crippen LogP contribution in [0.2, 0.25) is 0 Å². The zero-order chi connectivity index (χ0) is 16.3. The number of rotatable bonds is 10. The van der Waals surface area contributed by atoms with Crippen LogP contribution in [0.5, 0.6) is 5.75 Å². The molecule has 0 heterocycles. The summed E-state index contributed by atoms with van der Waals surface area (Å²) in [5.74, 6) is 1.34. The lowest BCUT2D eigenvalue weighted by Crippen LogP contribution is -2.14. The molecule has 2 N–H and O–H groups in total. The summed E-state index contributed by atoms with van der Waals surface area (Å²) in [5, 5.41) is 0. The highest BCUT2D eigenvalue weighted by Crippen LogP contribution is 2.21. The number of hydrogen-bond donors (Lipinski definition) is 1. The lowest BCUT2D eigenvalue weighted by molar-refractivity contribution is 0.305. The molecule has 2 rings (SSSR count). The van der Waals surface area contributed by atoms with Crippen LogP contribution in [0, 0.1) is 0 Å². The maximum atomic E-state index is 5.96. The summed E-state index contributed by atoms with van der Waals surface area (Å²) in [6.07, 6.45) is 5.92. The van der Waals surface area contributed by atoms with Crippen molar-refractivity contribution in [2.24, 2.45) is 5.73 Å². The minimum Gasteiger partial charge on any atom is -0.494 e. The van der Waals surface area contributed by atoms with Crippen LogP contribution in [0.3, 0.4) is 0 Å². The van der Waals surface area contributed by atoms with E-state index in [9.17, 15) is 0 Å². The number of unbranched alkanes of at least 4 members (excludes halogenated alkanes) is 3. The van der Waals surface area contributed by atoms with Gasteiger partial charge in [0.1, 0.15) is 5.75 Å². The smallest absolute Gasteiger partial charge is 0.119 e. The van der Waals surface area contributed by atoms with Crippen LogP contribution in [0.4, 0.5) is 0 Å². The van der Waals surface area contributed by atoms with Gasteiger partial charge in [-0.25, -0.2) is 0 Å². The minimum absolute atomic E-state index is 0.372. The lowest BCUT2D eigenvalue weighted by atomic mass is 9.92. The molecule has 1 unspecified atom stereocenters. The minimum atomic E-state index is 0.372. The van der Waals surface area contributed by atoms with Gasteiger partial charge in [-0.2, -0.15) is 0 Å². The molecule has 124 valence electrons. The number of nitrogens with two attached hydrogens (primary N) is 1. The predicted molar refractivity (Wildman–Crippen MR) is 98.0 cm³/mol. The zero-order valence-corrected chi connectivity index (χ0v) is 14.2. The first-order chi connectivity index (χ1) is 11.3. The van der Waals surface area contributed by atoms with Crippen molar-refractivity contribution < 1.29 is 4.74 Å². The van der Waals surface area contributed by atoms with Gasteiger partial charge in [-0.3, -0.25) is 0 Å². The van der Waals surface area contributed by atoms with Crippen molar-refractivity contribution >= 4 is 0 Å². The Morgan fingerprint density at radius 1 is 0.913 bits per heavy atom. The van der Waals surface area contributed by atoms with Gasteiger partial charge in [0.05, 0.1) is 6.61 Å². The SMILES string of the molecule is CCCCCCOc1ccc(CC(CN)c2ccccc2)cc1. The Labute approximate surface area is 140 Å². The van der Waals surface area contributed by atoms with Crippen LogP contribution in [0.1, 0.15) is 49.7 Å². The summed E-state index contributed by atoms with van der Waals surface area (Å²) < 4.78 is 5.80. The molecule has 0 fully saturated rings. The number of ether oxygens (including phenoxy) is 1. The van der Waals surface area contributed by atoms with E-state index >= 15 is 0 Å². The third-order valence-electron chi connectivity index (χ3n) is 4.23. The fraction of sp³-hybridized carbons (Fsp3) is 0.429. The Hall–Kier alpha value is -1.80. The maximum Gasteiger partial charge on any atom is 0.119 e. The van der Waals surface area contributed by atoms with Crippen molar-refractivity contribution in [2.45, 2.75) is 44.9 Å². The van der Waals surface area contributed by atoms with Crippen molar-refractivity contribution in [2.75, 3.05) is 13.2 Å². The molecule has 0 bridgehead atoms. The second-order valence-electron chi connectivity index (χ2n) is 6.10. The molecular formula is C21H29NO. The molecule has 0 aliphatic heterocycles. The van der Waals surface area contributed by atoms with Gasteiger partial charge in [0, 0.05) is 5.92 Å². The molecule has 2 aromatic rings. The molecule has 0 radical (unpaired) electrons. The first-order valence-electron chi connectivity index (χ1n) is 8.80. The van der Waals surface area contributed by atoms with Crippen LogP contribution in [-0.2, 0) is 6.42 Å². The molecule has 2 aromatic carbocycles. The van der Waals surface area contributed by atoms with Crippen LogP contribution in [0.15, 0.2) is 54.6 Å². The molecule has 0 spiro atoms. The van der Waals surface area contributed by atoms with E-state index < -0.39 is 0 Å². The van der Waals surface area contributed by atoms with Gasteiger partial charge in [-0.1, -0.05) is 68.7 Å². The van der Waals surface area contributed by atoms with E-state index in [-0.39, 0.29) is 0 Å². The first-order valence-corrected chi connectivity index (χ1v) is 8.80. The van der Waals surface area contributed by atoms with Crippen molar-refractivity contribution in [3.8, 4) is 5.75 Å². The van der Waals surface area contributed by atoms with Crippen LogP contribution in [0.25, 0.3) is 0 Å². The standard InChI is InChI=1S/C21H29NO/c1-2-3-4-8-15-23-21-13-11-18(12-14-21)16-20(17-22)19-9-6-5-7-10-19/h5-7,9-14,20H,2-4,8,15-17,22H2,1H3. The molecule has 2 nitrogen and oxygen atoms in total. The molecule has 0 saturated heterocycles. The summed E-state index contributed by atoms with van der Waals surface area (Å²) in [6, 6.07) is 19.0. The summed E-state index contributed by atoms with van der Waals surface area (Å²) in [4.78, 5) is 0. The van der Waals surface area contributed by atoms with Gasteiger partial charge in [0.2, 0.25) is 0 Å². The molecule has 1 atom stereocenters. The highest BCUT2D eigenvalue weighted by molar-refractivity contribution is 5.30. The fourth-order valence-corrected chi connectivity index (χ4v) is 2.79. The monoisotopic (exact) mass is 311 g/mol. The molecule has 0 aliphatic carbocycles. The Morgan fingerprint density at radius 3 is 2.30 bits per heavy atom. The van der Waals surface area contributed by atoms with Crippen molar-refractivity contribution in [1.29, 1.82) is 0 Å². The molecule has 2 heteroatoms. The van der Waals surface area contributed by atoms with E-state index in [2.05, 4.69) is 55.5 Å². The summed E-state index contributed by atoms with van der Waals surface area (Å²) >= 11 is 0. The molecule has 0 saturated carbocycles. The highest BCUT2D eigenvalue weighted by Gasteiger charge is 2.10. The summed E-state index contributed by atoms with van der Waals surface area (Å²) in [7, 11) is 0. The number of benzene rings is 2. The van der Waals surface area contributed by atoms with Crippen LogP contribution < -0.4 is 10.5 Å². The molecule has 23 heavy (non-hydrogen) atoms. The second-order valence-corrected chi connectivity index (χ2v) is 6.10. The van der Waals surface area contributed by atoms with Gasteiger partial charge >= 0.3 is 0 Å². The first kappa shape index (κ1) is 17.6. The Kier molecular flexibility index (Phi) is 7.68. The van der Waals surface area contributed by atoms with Crippen molar-refractivity contribution in [3.63, 3.8) is 0 Å². The van der Waals surface area contributed by atoms with E-state index in [0.717, 1.165) is 25.2 Å². The van der Waals surface area contributed by atoms with Crippen LogP contribution >= 0.6 is 0 Å². The Balaban J connectivity index is 1.84. The molecule has 0 aliphatic rings. The Morgan fingerprint density at radius 2 is 1.65 bits per heavy atom. The number of hydrogen-bond acceptors (Lipinski definition) is 2. The van der Waals surface area contributed by atoms with E-state index in [1.54, 1.807) is 0 Å². The van der Waals surface area contributed by atoms with Crippen molar-refractivity contribution in [3.05, 3.63) is 65.7 Å². The average Bonchev–Trinajstić information content (AvgIpc) is 2.61. The van der Waals surface area contributed by atoms with Crippen molar-refractivity contribution in [1.82, 2.24) is 0 Å². The maximum absolute atomic E-state index is 5.96. The van der Waals surface area contributed by atoms with Crippen LogP contribution in [-0.4, -0.2) is 13.2 Å². The summed E-state index contributed by atoms with van der Waals surface area (Å²) in [6.45, 7) is 3.71. The van der Waals surface area contributed by atoms with E-state index in [1.807, 2.05) is 6.07 Å². The average molecular weight is 311 g/mol. The Bertz CT molecular complexity index is 536. The third-order valence-corrected chi connectivity index (χ3v) is 4.23. The van der Waals surface area contributed by atoms with Gasteiger partial charge < -0.3 is 10.5 Å². The molecule has 0 aromatic heterocycles. The van der Waals surface area contributed by atoms with E-state index in [0.29, 0.717) is 12.5 Å². The second kappa shape index (κ2) is 10.1. The van der Waals surface area contributed by atoms with E-state index in [1.165, 1.54) is 30.4 Å². The van der Waals surface area contributed by atoms with Gasteiger partial charge in [-0.15, -0.1) is 0 Å². The third kappa shape index (κ3) is 6.07. The summed E-state index contributed by atoms with van der Waals surface area (Å²) in [5.41, 5.74) is 8.58. The fourth-order valence-electron chi connectivity index (χ4n) is 2.79. The van der Waals surface area contributed by atoms with Gasteiger partial charge in [0.25, 0.3) is 0 Å². The van der Waals surface area contributed by atoms with Gasteiger partial charge in [0.15, 0.2) is 0 Å². The predicted octanol–water partition coefficient (Wildman–Crippen LogP) is 4.93.